The minimum Gasteiger partial charge on any atom is -0.306 e. The Morgan fingerprint density at radius 2 is 2.50 bits per heavy atom. The molecule has 1 saturated heterocycles. The lowest BCUT2D eigenvalue weighted by Crippen LogP contribution is -2.32. The predicted octanol–water partition coefficient (Wildman–Crippen LogP) is 2.23. The number of nitrogens with zero attached hydrogens (tertiary/aromatic N) is 2. The molecule has 2 rings (SSSR count). The summed E-state index contributed by atoms with van der Waals surface area (Å²) in [5.41, 5.74) is 0. The summed E-state index contributed by atoms with van der Waals surface area (Å²) in [6.45, 7) is 3.98. The third-order valence-electron chi connectivity index (χ3n) is 3.09. The summed E-state index contributed by atoms with van der Waals surface area (Å²) >= 11 is 1.56. The molecule has 0 amide bonds. The van der Waals surface area contributed by atoms with Gasteiger partial charge in [0.05, 0.1) is 9.88 Å². The average molecular weight is 238 g/mol. The molecule has 2 heterocycles. The molecule has 0 saturated carbocycles. The summed E-state index contributed by atoms with van der Waals surface area (Å²) in [6.07, 6.45) is 5.32. The monoisotopic (exact) mass is 238 g/mol. The highest BCUT2D eigenvalue weighted by atomic mass is 32.1. The summed E-state index contributed by atoms with van der Waals surface area (Å²) in [5.74, 6) is 0.842. The number of likely N-dealkylation sites (tertiary alicyclic amines) is 1. The summed E-state index contributed by atoms with van der Waals surface area (Å²) in [7, 11) is 2.18. The minimum absolute atomic E-state index is 0.129. The fourth-order valence-electron chi connectivity index (χ4n) is 2.25. The van der Waals surface area contributed by atoms with Crippen molar-refractivity contribution in [1.82, 2.24) is 9.88 Å². The number of thiazole rings is 1. The summed E-state index contributed by atoms with van der Waals surface area (Å²) in [6, 6.07) is 0. The maximum absolute atomic E-state index is 11.2. The molecule has 1 aromatic rings. The van der Waals surface area contributed by atoms with Crippen LogP contribution in [0.3, 0.4) is 0 Å². The molecule has 1 unspecified atom stereocenters. The third-order valence-corrected chi connectivity index (χ3v) is 4.21. The minimum atomic E-state index is 0.129. The summed E-state index contributed by atoms with van der Waals surface area (Å²) in [4.78, 5) is 18.7. The second-order valence-electron chi connectivity index (χ2n) is 4.65. The molecule has 1 aliphatic rings. The van der Waals surface area contributed by atoms with E-state index in [-0.39, 0.29) is 5.78 Å². The van der Waals surface area contributed by atoms with Gasteiger partial charge in [-0.3, -0.25) is 4.79 Å². The van der Waals surface area contributed by atoms with E-state index in [1.165, 1.54) is 19.4 Å². The Kier molecular flexibility index (Phi) is 3.71. The molecular weight excluding hydrogens is 220 g/mol. The van der Waals surface area contributed by atoms with Gasteiger partial charge < -0.3 is 4.90 Å². The molecule has 0 aromatic carbocycles. The van der Waals surface area contributed by atoms with Gasteiger partial charge in [0.2, 0.25) is 0 Å². The van der Waals surface area contributed by atoms with Crippen LogP contribution < -0.4 is 0 Å². The van der Waals surface area contributed by atoms with Crippen LogP contribution in [0.15, 0.2) is 6.20 Å². The van der Waals surface area contributed by atoms with Crippen molar-refractivity contribution in [3.05, 3.63) is 16.1 Å². The predicted molar refractivity (Wildman–Crippen MR) is 66.0 cm³/mol. The lowest BCUT2D eigenvalue weighted by atomic mass is 9.95. The van der Waals surface area contributed by atoms with Gasteiger partial charge in [-0.2, -0.15) is 0 Å². The number of carbonyl (C=O) groups is 1. The number of carbonyl (C=O) groups excluding carboxylic acids is 1. The van der Waals surface area contributed by atoms with E-state index in [9.17, 15) is 4.79 Å². The molecule has 1 fully saturated rings. The molecule has 88 valence electrons. The Balaban J connectivity index is 1.95. The molecular formula is C12H18N2OS. The lowest BCUT2D eigenvalue weighted by molar-refractivity contribution is 0.102. The van der Waals surface area contributed by atoms with Crippen LogP contribution in [0.2, 0.25) is 0 Å². The van der Waals surface area contributed by atoms with Crippen LogP contribution in [0.5, 0.6) is 0 Å². The number of ketones is 1. The molecule has 4 heteroatoms. The fourth-order valence-corrected chi connectivity index (χ4v) is 3.18. The van der Waals surface area contributed by atoms with Crippen molar-refractivity contribution >= 4 is 17.1 Å². The van der Waals surface area contributed by atoms with Gasteiger partial charge in [0.1, 0.15) is 0 Å². The number of piperidine rings is 1. The van der Waals surface area contributed by atoms with E-state index in [2.05, 4.69) is 16.9 Å². The zero-order chi connectivity index (χ0) is 11.5. The Labute approximate surface area is 100 Å². The van der Waals surface area contributed by atoms with Gasteiger partial charge in [-0.15, -0.1) is 11.3 Å². The van der Waals surface area contributed by atoms with Crippen molar-refractivity contribution in [1.29, 1.82) is 0 Å². The Bertz CT molecular complexity index is 375. The van der Waals surface area contributed by atoms with E-state index < -0.39 is 0 Å². The second kappa shape index (κ2) is 5.06. The summed E-state index contributed by atoms with van der Waals surface area (Å²) < 4.78 is 0. The second-order valence-corrected chi connectivity index (χ2v) is 5.76. The Morgan fingerprint density at radius 3 is 3.12 bits per heavy atom. The van der Waals surface area contributed by atoms with Crippen molar-refractivity contribution < 1.29 is 4.79 Å². The fraction of sp³-hybridized carbons (Fsp3) is 0.667. The van der Waals surface area contributed by atoms with Crippen LogP contribution in [0.4, 0.5) is 0 Å². The first-order valence-electron chi connectivity index (χ1n) is 5.79. The highest BCUT2D eigenvalue weighted by molar-refractivity contribution is 7.13. The molecule has 0 bridgehead atoms. The standard InChI is InChI=1S/C12H18N2OS/c1-9(15)11-7-13-12(16-11)6-10-4-3-5-14(2)8-10/h7,10H,3-6,8H2,1-2H3. The first-order valence-corrected chi connectivity index (χ1v) is 6.61. The van der Waals surface area contributed by atoms with E-state index in [4.69, 9.17) is 0 Å². The average Bonchev–Trinajstić information content (AvgIpc) is 2.66. The summed E-state index contributed by atoms with van der Waals surface area (Å²) in [5, 5.41) is 1.12. The van der Waals surface area contributed by atoms with Gasteiger partial charge in [-0.05, 0) is 32.4 Å². The van der Waals surface area contributed by atoms with Crippen LogP contribution in [-0.4, -0.2) is 35.8 Å². The van der Waals surface area contributed by atoms with Crippen LogP contribution in [0, 0.1) is 5.92 Å². The van der Waals surface area contributed by atoms with Gasteiger partial charge in [-0.1, -0.05) is 0 Å². The van der Waals surface area contributed by atoms with E-state index in [1.807, 2.05) is 0 Å². The van der Waals surface area contributed by atoms with Gasteiger partial charge in [0.25, 0.3) is 0 Å². The Hall–Kier alpha value is -0.740. The zero-order valence-electron chi connectivity index (χ0n) is 9.90. The first kappa shape index (κ1) is 11.7. The van der Waals surface area contributed by atoms with Crippen molar-refractivity contribution in [2.24, 2.45) is 5.92 Å². The van der Waals surface area contributed by atoms with Crippen molar-refractivity contribution in [2.45, 2.75) is 26.2 Å². The molecule has 0 aliphatic carbocycles. The highest BCUT2D eigenvalue weighted by Gasteiger charge is 2.19. The molecule has 0 spiro atoms. The van der Waals surface area contributed by atoms with Crippen molar-refractivity contribution in [3.8, 4) is 0 Å². The maximum atomic E-state index is 11.2. The molecule has 16 heavy (non-hydrogen) atoms. The highest BCUT2D eigenvalue weighted by Crippen LogP contribution is 2.22. The maximum Gasteiger partial charge on any atom is 0.171 e. The molecule has 1 atom stereocenters. The zero-order valence-corrected chi connectivity index (χ0v) is 10.7. The van der Waals surface area contributed by atoms with E-state index in [1.54, 1.807) is 24.5 Å². The number of aromatic nitrogens is 1. The number of rotatable bonds is 3. The lowest BCUT2D eigenvalue weighted by Gasteiger charge is -2.29. The van der Waals surface area contributed by atoms with Crippen molar-refractivity contribution in [2.75, 3.05) is 20.1 Å². The number of hydrogen-bond acceptors (Lipinski definition) is 4. The molecule has 1 aliphatic heterocycles. The van der Waals surface area contributed by atoms with Crippen LogP contribution in [0.1, 0.15) is 34.4 Å². The topological polar surface area (TPSA) is 33.2 Å². The van der Waals surface area contributed by atoms with Gasteiger partial charge in [0.15, 0.2) is 5.78 Å². The van der Waals surface area contributed by atoms with Gasteiger partial charge in [0, 0.05) is 26.1 Å². The first-order chi connectivity index (χ1) is 7.65. The Morgan fingerprint density at radius 1 is 1.69 bits per heavy atom. The van der Waals surface area contributed by atoms with Crippen LogP contribution in [-0.2, 0) is 6.42 Å². The van der Waals surface area contributed by atoms with Gasteiger partial charge >= 0.3 is 0 Å². The van der Waals surface area contributed by atoms with Gasteiger partial charge in [-0.25, -0.2) is 4.98 Å². The largest absolute Gasteiger partial charge is 0.306 e. The van der Waals surface area contributed by atoms with E-state index in [0.717, 1.165) is 22.9 Å². The van der Waals surface area contributed by atoms with E-state index >= 15 is 0 Å². The number of Topliss-reactive ketones (excluding diaryl/α,β-unsaturated/α-hetero) is 1. The number of hydrogen-bond donors (Lipinski definition) is 0. The quantitative estimate of drug-likeness (QED) is 0.757. The normalized spacial score (nSPS) is 22.2. The van der Waals surface area contributed by atoms with Crippen LogP contribution in [0.25, 0.3) is 0 Å². The van der Waals surface area contributed by atoms with E-state index in [0.29, 0.717) is 5.92 Å². The molecule has 0 N–H and O–H groups in total. The molecule has 1 aromatic heterocycles. The SMILES string of the molecule is CC(=O)c1cnc(CC2CCCN(C)C2)s1. The van der Waals surface area contributed by atoms with Crippen LogP contribution >= 0.6 is 11.3 Å². The molecule has 0 radical (unpaired) electrons. The smallest absolute Gasteiger partial charge is 0.171 e. The van der Waals surface area contributed by atoms with Crippen molar-refractivity contribution in [3.63, 3.8) is 0 Å². The molecule has 3 nitrogen and oxygen atoms in total. The third kappa shape index (κ3) is 2.89.